The van der Waals surface area contributed by atoms with E-state index in [4.69, 9.17) is 4.74 Å². The van der Waals surface area contributed by atoms with E-state index in [-0.39, 0.29) is 5.25 Å². The van der Waals surface area contributed by atoms with Crippen LogP contribution in [0.1, 0.15) is 27.2 Å². The summed E-state index contributed by atoms with van der Waals surface area (Å²) >= 11 is 1.60. The van der Waals surface area contributed by atoms with Crippen molar-refractivity contribution < 1.29 is 19.4 Å². The van der Waals surface area contributed by atoms with E-state index in [1.54, 1.807) is 32.5 Å². The molecule has 6 heteroatoms. The molecule has 120 valence electrons. The predicted molar refractivity (Wildman–Crippen MR) is 85.1 cm³/mol. The van der Waals surface area contributed by atoms with E-state index < -0.39 is 23.7 Å². The van der Waals surface area contributed by atoms with Gasteiger partial charge in [-0.2, -0.15) is 0 Å². The molecule has 1 aliphatic heterocycles. The highest BCUT2D eigenvalue weighted by atomic mass is 32.2. The molecule has 0 spiro atoms. The summed E-state index contributed by atoms with van der Waals surface area (Å²) in [6, 6.07) is 8.96. The second-order valence-electron chi connectivity index (χ2n) is 6.28. The predicted octanol–water partition coefficient (Wildman–Crippen LogP) is 3.24. The van der Waals surface area contributed by atoms with Crippen LogP contribution in [-0.2, 0) is 9.53 Å². The maximum Gasteiger partial charge on any atom is 0.411 e. The Balaban J connectivity index is 2.06. The van der Waals surface area contributed by atoms with Gasteiger partial charge < -0.3 is 9.84 Å². The Bertz CT molecular complexity index is 541. The Labute approximate surface area is 134 Å². The van der Waals surface area contributed by atoms with Crippen LogP contribution in [0.4, 0.5) is 4.79 Å². The Hall–Kier alpha value is -1.69. The summed E-state index contributed by atoms with van der Waals surface area (Å²) in [5.41, 5.74) is -0.634. The number of carboxylic acid groups (broad SMARTS) is 1. The van der Waals surface area contributed by atoms with E-state index in [9.17, 15) is 14.7 Å². The maximum atomic E-state index is 12.2. The Morgan fingerprint density at radius 1 is 1.27 bits per heavy atom. The second-order valence-corrected chi connectivity index (χ2v) is 7.65. The van der Waals surface area contributed by atoms with Gasteiger partial charge in [-0.3, -0.25) is 4.90 Å². The van der Waals surface area contributed by atoms with Crippen LogP contribution in [0.3, 0.4) is 0 Å². The fourth-order valence-electron chi connectivity index (χ4n) is 2.33. The summed E-state index contributed by atoms with van der Waals surface area (Å²) in [6.45, 7) is 5.69. The highest BCUT2D eigenvalue weighted by Crippen LogP contribution is 2.33. The molecule has 22 heavy (non-hydrogen) atoms. The first-order valence-electron chi connectivity index (χ1n) is 7.20. The quantitative estimate of drug-likeness (QED) is 0.925. The van der Waals surface area contributed by atoms with E-state index in [1.165, 1.54) is 4.90 Å². The summed E-state index contributed by atoms with van der Waals surface area (Å²) in [4.78, 5) is 26.0. The fraction of sp³-hybridized carbons (Fsp3) is 0.500. The molecule has 1 saturated heterocycles. The number of thioether (sulfide) groups is 1. The number of ether oxygens (including phenoxy) is 1. The van der Waals surface area contributed by atoms with Gasteiger partial charge in [-0.05, 0) is 39.3 Å². The van der Waals surface area contributed by atoms with Crippen LogP contribution in [0.2, 0.25) is 0 Å². The number of carbonyl (C=O) groups is 2. The fourth-order valence-corrected chi connectivity index (χ4v) is 3.54. The molecular weight excluding hydrogens is 302 g/mol. The minimum absolute atomic E-state index is 0.0519. The lowest BCUT2D eigenvalue weighted by atomic mass is 10.2. The van der Waals surface area contributed by atoms with Gasteiger partial charge in [-0.15, -0.1) is 11.8 Å². The molecule has 1 aliphatic rings. The van der Waals surface area contributed by atoms with Crippen molar-refractivity contribution in [2.75, 3.05) is 6.54 Å². The summed E-state index contributed by atoms with van der Waals surface area (Å²) in [6.07, 6.45) is -0.134. The van der Waals surface area contributed by atoms with Gasteiger partial charge in [0.05, 0.1) is 0 Å². The first-order valence-corrected chi connectivity index (χ1v) is 8.08. The molecule has 1 fully saturated rings. The molecule has 0 bridgehead atoms. The first-order chi connectivity index (χ1) is 10.3. The molecule has 1 heterocycles. The number of carboxylic acids is 1. The molecule has 0 saturated carbocycles. The average Bonchev–Trinajstić information content (AvgIpc) is 2.82. The summed E-state index contributed by atoms with van der Waals surface area (Å²) in [5, 5.41) is 9.41. The van der Waals surface area contributed by atoms with Gasteiger partial charge in [0, 0.05) is 16.7 Å². The highest BCUT2D eigenvalue weighted by molar-refractivity contribution is 8.00. The van der Waals surface area contributed by atoms with Crippen LogP contribution < -0.4 is 0 Å². The van der Waals surface area contributed by atoms with Gasteiger partial charge in [-0.1, -0.05) is 18.2 Å². The molecule has 1 aromatic carbocycles. The highest BCUT2D eigenvalue weighted by Gasteiger charge is 2.41. The van der Waals surface area contributed by atoms with Crippen molar-refractivity contribution in [3.63, 3.8) is 0 Å². The largest absolute Gasteiger partial charge is 0.480 e. The van der Waals surface area contributed by atoms with Gasteiger partial charge in [0.2, 0.25) is 0 Å². The van der Waals surface area contributed by atoms with Gasteiger partial charge in [0.25, 0.3) is 0 Å². The van der Waals surface area contributed by atoms with Gasteiger partial charge in [-0.25, -0.2) is 9.59 Å². The Kier molecular flexibility index (Phi) is 5.01. The van der Waals surface area contributed by atoms with Crippen molar-refractivity contribution in [2.24, 2.45) is 0 Å². The van der Waals surface area contributed by atoms with Crippen molar-refractivity contribution in [1.82, 2.24) is 4.90 Å². The number of hydrogen-bond donors (Lipinski definition) is 1. The zero-order valence-corrected chi connectivity index (χ0v) is 13.8. The number of nitrogens with zero attached hydrogens (tertiary/aromatic N) is 1. The average molecular weight is 323 g/mol. The third-order valence-corrected chi connectivity index (χ3v) is 4.44. The van der Waals surface area contributed by atoms with Crippen molar-refractivity contribution in [2.45, 2.75) is 49.0 Å². The van der Waals surface area contributed by atoms with Gasteiger partial charge in [0.1, 0.15) is 11.6 Å². The topological polar surface area (TPSA) is 66.8 Å². The zero-order chi connectivity index (χ0) is 16.3. The van der Waals surface area contributed by atoms with Crippen molar-refractivity contribution in [3.05, 3.63) is 30.3 Å². The number of amides is 1. The van der Waals surface area contributed by atoms with E-state index in [0.717, 1.165) is 4.90 Å². The molecule has 2 rings (SSSR count). The number of aliphatic carboxylic acids is 1. The standard InChI is InChI=1S/C16H21NO4S/c1-16(2,3)21-15(20)17-10-12(9-13(17)14(18)19)22-11-7-5-4-6-8-11/h4-8,12-13H,9-10H2,1-3H3,(H,18,19)/t12-,13+/m0/s1. The number of likely N-dealkylation sites (tertiary alicyclic amines) is 1. The van der Waals surface area contributed by atoms with E-state index in [1.807, 2.05) is 30.3 Å². The van der Waals surface area contributed by atoms with Crippen LogP contribution in [0.5, 0.6) is 0 Å². The lowest BCUT2D eigenvalue weighted by molar-refractivity contribution is -0.142. The molecular formula is C16H21NO4S. The Morgan fingerprint density at radius 2 is 1.91 bits per heavy atom. The SMILES string of the molecule is CC(C)(C)OC(=O)N1C[C@@H](Sc2ccccc2)C[C@@H]1C(=O)O. The molecule has 0 aliphatic carbocycles. The summed E-state index contributed by atoms with van der Waals surface area (Å²) in [5.74, 6) is -0.984. The molecule has 0 unspecified atom stereocenters. The lowest BCUT2D eigenvalue weighted by Crippen LogP contribution is -2.43. The first kappa shape index (κ1) is 16.7. The molecule has 1 amide bonds. The number of rotatable bonds is 3. The number of hydrogen-bond acceptors (Lipinski definition) is 4. The third-order valence-electron chi connectivity index (χ3n) is 3.22. The van der Waals surface area contributed by atoms with Crippen molar-refractivity contribution >= 4 is 23.8 Å². The van der Waals surface area contributed by atoms with Crippen LogP contribution in [0, 0.1) is 0 Å². The van der Waals surface area contributed by atoms with Gasteiger partial charge >= 0.3 is 12.1 Å². The van der Waals surface area contributed by atoms with E-state index in [0.29, 0.717) is 13.0 Å². The second kappa shape index (κ2) is 6.60. The van der Waals surface area contributed by atoms with Crippen LogP contribution in [0.15, 0.2) is 35.2 Å². The monoisotopic (exact) mass is 323 g/mol. The normalized spacial score (nSPS) is 21.7. The zero-order valence-electron chi connectivity index (χ0n) is 13.0. The summed E-state index contributed by atoms with van der Waals surface area (Å²) in [7, 11) is 0. The van der Waals surface area contributed by atoms with Crippen molar-refractivity contribution in [3.8, 4) is 0 Å². The number of benzene rings is 1. The summed E-state index contributed by atoms with van der Waals surface area (Å²) < 4.78 is 5.31. The van der Waals surface area contributed by atoms with Crippen LogP contribution >= 0.6 is 11.8 Å². The molecule has 0 aromatic heterocycles. The van der Waals surface area contributed by atoms with Crippen LogP contribution in [-0.4, -0.2) is 45.5 Å². The Morgan fingerprint density at radius 3 is 2.45 bits per heavy atom. The molecule has 1 N–H and O–H groups in total. The smallest absolute Gasteiger partial charge is 0.411 e. The van der Waals surface area contributed by atoms with E-state index in [2.05, 4.69) is 0 Å². The van der Waals surface area contributed by atoms with E-state index >= 15 is 0 Å². The molecule has 2 atom stereocenters. The van der Waals surface area contributed by atoms with Crippen molar-refractivity contribution in [1.29, 1.82) is 0 Å². The van der Waals surface area contributed by atoms with Gasteiger partial charge in [0.15, 0.2) is 0 Å². The molecule has 5 nitrogen and oxygen atoms in total. The maximum absolute atomic E-state index is 12.2. The minimum atomic E-state index is -0.984. The minimum Gasteiger partial charge on any atom is -0.480 e. The molecule has 0 radical (unpaired) electrons. The van der Waals surface area contributed by atoms with Crippen LogP contribution in [0.25, 0.3) is 0 Å². The third kappa shape index (κ3) is 4.40. The number of carbonyl (C=O) groups excluding carboxylic acids is 1. The lowest BCUT2D eigenvalue weighted by Gasteiger charge is -2.26. The molecule has 1 aromatic rings.